The number of carbonyl (C=O) groups excluding carboxylic acids is 1. The number of fused-ring (bicyclic) bond motifs is 1. The molecule has 0 aliphatic carbocycles. The van der Waals surface area contributed by atoms with Crippen LogP contribution < -0.4 is 4.74 Å². The summed E-state index contributed by atoms with van der Waals surface area (Å²) in [5.74, 6) is 0.920. The number of benzene rings is 2. The predicted octanol–water partition coefficient (Wildman–Crippen LogP) is 4.73. The first-order valence-corrected chi connectivity index (χ1v) is 8.60. The summed E-state index contributed by atoms with van der Waals surface area (Å²) in [5, 5.41) is 0.738. The van der Waals surface area contributed by atoms with Gasteiger partial charge in [0, 0.05) is 5.39 Å². The quantitative estimate of drug-likeness (QED) is 0.368. The van der Waals surface area contributed by atoms with E-state index in [4.69, 9.17) is 13.9 Å². The van der Waals surface area contributed by atoms with Crippen molar-refractivity contribution in [3.8, 4) is 17.2 Å². The Labute approximate surface area is 156 Å². The van der Waals surface area contributed by atoms with Gasteiger partial charge in [-0.3, -0.25) is 0 Å². The van der Waals surface area contributed by atoms with Crippen molar-refractivity contribution in [3.05, 3.63) is 84.6 Å². The lowest BCUT2D eigenvalue weighted by molar-refractivity contribution is 0.0452. The number of ether oxygens (including phenoxy) is 2. The van der Waals surface area contributed by atoms with Gasteiger partial charge in [-0.2, -0.15) is 0 Å². The third-order valence-electron chi connectivity index (χ3n) is 4.04. The molecule has 5 heteroatoms. The van der Waals surface area contributed by atoms with Crippen LogP contribution in [0.1, 0.15) is 10.4 Å². The molecule has 0 aliphatic heterocycles. The molecular weight excluding hydrogens is 342 g/mol. The second-order valence-electron chi connectivity index (χ2n) is 5.85. The second-order valence-corrected chi connectivity index (χ2v) is 5.85. The Morgan fingerprint density at radius 2 is 1.74 bits per heavy atom. The van der Waals surface area contributed by atoms with Gasteiger partial charge in [-0.05, 0) is 36.4 Å². The molecule has 2 aromatic heterocycles. The SMILES string of the molecule is O=C(OCCOc1ccccc1)c1cc(-c2ccco2)nc2ccccc12. The summed E-state index contributed by atoms with van der Waals surface area (Å²) in [4.78, 5) is 17.2. The summed E-state index contributed by atoms with van der Waals surface area (Å²) in [6.45, 7) is 0.435. The number of rotatable bonds is 6. The molecular formula is C22H17NO4. The van der Waals surface area contributed by atoms with Crippen molar-refractivity contribution in [2.75, 3.05) is 13.2 Å². The molecule has 4 rings (SSSR count). The molecule has 2 heterocycles. The molecule has 0 unspecified atom stereocenters. The average Bonchev–Trinajstić information content (AvgIpc) is 3.26. The van der Waals surface area contributed by atoms with E-state index in [2.05, 4.69) is 4.98 Å². The zero-order chi connectivity index (χ0) is 18.5. The Bertz CT molecular complexity index is 1040. The van der Waals surface area contributed by atoms with Gasteiger partial charge < -0.3 is 13.9 Å². The van der Waals surface area contributed by atoms with Gasteiger partial charge in [-0.25, -0.2) is 9.78 Å². The van der Waals surface area contributed by atoms with E-state index in [1.807, 2.05) is 54.6 Å². The number of hydrogen-bond donors (Lipinski definition) is 0. The minimum absolute atomic E-state index is 0.153. The fraction of sp³-hybridized carbons (Fsp3) is 0.0909. The van der Waals surface area contributed by atoms with E-state index in [0.29, 0.717) is 22.5 Å². The molecule has 0 N–H and O–H groups in total. The molecule has 0 aliphatic rings. The van der Waals surface area contributed by atoms with Crippen LogP contribution in [0, 0.1) is 0 Å². The highest BCUT2D eigenvalue weighted by atomic mass is 16.6. The second kappa shape index (κ2) is 7.74. The van der Waals surface area contributed by atoms with Gasteiger partial charge in [0.1, 0.15) is 24.7 Å². The lowest BCUT2D eigenvalue weighted by Gasteiger charge is -2.10. The standard InChI is InChI=1S/C22H17NO4/c24-22(27-14-13-25-16-7-2-1-3-8-16)18-15-20(21-11-6-12-26-21)23-19-10-5-4-9-17(18)19/h1-12,15H,13-14H2. The number of aromatic nitrogens is 1. The van der Waals surface area contributed by atoms with Crippen LogP contribution in [0.3, 0.4) is 0 Å². The third kappa shape index (κ3) is 3.82. The van der Waals surface area contributed by atoms with Gasteiger partial charge in [0.05, 0.1) is 17.3 Å². The van der Waals surface area contributed by atoms with E-state index in [0.717, 1.165) is 11.1 Å². The molecule has 5 nitrogen and oxygen atoms in total. The topological polar surface area (TPSA) is 61.6 Å². The van der Waals surface area contributed by atoms with Gasteiger partial charge in [-0.1, -0.05) is 36.4 Å². The molecule has 27 heavy (non-hydrogen) atoms. The molecule has 0 atom stereocenters. The van der Waals surface area contributed by atoms with Gasteiger partial charge in [0.15, 0.2) is 5.76 Å². The molecule has 134 valence electrons. The lowest BCUT2D eigenvalue weighted by Crippen LogP contribution is -2.13. The molecule has 0 saturated carbocycles. The van der Waals surface area contributed by atoms with Crippen molar-refractivity contribution in [1.82, 2.24) is 4.98 Å². The Morgan fingerprint density at radius 3 is 2.56 bits per heavy atom. The fourth-order valence-corrected chi connectivity index (χ4v) is 2.78. The molecule has 0 radical (unpaired) electrons. The maximum Gasteiger partial charge on any atom is 0.339 e. The van der Waals surface area contributed by atoms with Gasteiger partial charge in [-0.15, -0.1) is 0 Å². The van der Waals surface area contributed by atoms with Crippen molar-refractivity contribution in [2.45, 2.75) is 0 Å². The summed E-state index contributed by atoms with van der Waals surface area (Å²) < 4.78 is 16.4. The van der Waals surface area contributed by atoms with E-state index >= 15 is 0 Å². The number of hydrogen-bond acceptors (Lipinski definition) is 5. The van der Waals surface area contributed by atoms with Crippen molar-refractivity contribution >= 4 is 16.9 Å². The monoisotopic (exact) mass is 359 g/mol. The van der Waals surface area contributed by atoms with Crippen LogP contribution in [0.15, 0.2) is 83.5 Å². The van der Waals surface area contributed by atoms with Crippen molar-refractivity contribution in [1.29, 1.82) is 0 Å². The van der Waals surface area contributed by atoms with Gasteiger partial charge >= 0.3 is 5.97 Å². The third-order valence-corrected chi connectivity index (χ3v) is 4.04. The molecule has 2 aromatic carbocycles. The molecule has 0 spiro atoms. The molecule has 0 bridgehead atoms. The normalized spacial score (nSPS) is 10.7. The maximum atomic E-state index is 12.7. The van der Waals surface area contributed by atoms with Crippen molar-refractivity contribution in [3.63, 3.8) is 0 Å². The summed E-state index contributed by atoms with van der Waals surface area (Å²) in [7, 11) is 0. The summed E-state index contributed by atoms with van der Waals surface area (Å²) in [6.07, 6.45) is 1.57. The number of esters is 1. The van der Waals surface area contributed by atoms with Crippen LogP contribution in [0.4, 0.5) is 0 Å². The van der Waals surface area contributed by atoms with Crippen molar-refractivity contribution in [2.24, 2.45) is 0 Å². The molecule has 4 aromatic rings. The largest absolute Gasteiger partial charge is 0.490 e. The Kier molecular flexibility index (Phi) is 4.83. The summed E-state index contributed by atoms with van der Waals surface area (Å²) in [6, 6.07) is 22.1. The number of nitrogens with zero attached hydrogens (tertiary/aromatic N) is 1. The summed E-state index contributed by atoms with van der Waals surface area (Å²) >= 11 is 0. The smallest absolute Gasteiger partial charge is 0.339 e. The highest BCUT2D eigenvalue weighted by Gasteiger charge is 2.16. The number of carbonyl (C=O) groups is 1. The van der Waals surface area contributed by atoms with Crippen LogP contribution in [0.2, 0.25) is 0 Å². The maximum absolute atomic E-state index is 12.7. The van der Waals surface area contributed by atoms with Crippen LogP contribution in [-0.2, 0) is 4.74 Å². The van der Waals surface area contributed by atoms with Crippen LogP contribution in [0.5, 0.6) is 5.75 Å². The van der Waals surface area contributed by atoms with Crippen LogP contribution in [0.25, 0.3) is 22.4 Å². The van der Waals surface area contributed by atoms with Gasteiger partial charge in [0.2, 0.25) is 0 Å². The van der Waals surface area contributed by atoms with Crippen LogP contribution in [-0.4, -0.2) is 24.2 Å². The molecule has 0 fully saturated rings. The van der Waals surface area contributed by atoms with Crippen molar-refractivity contribution < 1.29 is 18.7 Å². The first-order chi connectivity index (χ1) is 13.3. The highest BCUT2D eigenvalue weighted by Crippen LogP contribution is 2.25. The van der Waals surface area contributed by atoms with E-state index in [-0.39, 0.29) is 13.2 Å². The Morgan fingerprint density at radius 1 is 0.926 bits per heavy atom. The number of furan rings is 1. The molecule has 0 saturated heterocycles. The van der Waals surface area contributed by atoms with E-state index in [1.54, 1.807) is 24.5 Å². The first kappa shape index (κ1) is 16.8. The summed E-state index contributed by atoms with van der Waals surface area (Å²) in [5.41, 5.74) is 1.75. The zero-order valence-corrected chi connectivity index (χ0v) is 14.5. The molecule has 0 amide bonds. The highest BCUT2D eigenvalue weighted by molar-refractivity contribution is 6.04. The number of para-hydroxylation sites is 2. The number of pyridine rings is 1. The average molecular weight is 359 g/mol. The van der Waals surface area contributed by atoms with Crippen LogP contribution >= 0.6 is 0 Å². The van der Waals surface area contributed by atoms with E-state index in [1.165, 1.54) is 0 Å². The zero-order valence-electron chi connectivity index (χ0n) is 14.5. The first-order valence-electron chi connectivity index (χ1n) is 8.60. The van der Waals surface area contributed by atoms with E-state index < -0.39 is 5.97 Å². The van der Waals surface area contributed by atoms with E-state index in [9.17, 15) is 4.79 Å². The Hall–Kier alpha value is -3.60. The lowest BCUT2D eigenvalue weighted by atomic mass is 10.1. The minimum Gasteiger partial charge on any atom is -0.490 e. The van der Waals surface area contributed by atoms with Gasteiger partial charge in [0.25, 0.3) is 0 Å². The minimum atomic E-state index is -0.418. The Balaban J connectivity index is 1.52. The predicted molar refractivity (Wildman–Crippen MR) is 102 cm³/mol. The fourth-order valence-electron chi connectivity index (χ4n) is 2.78.